The van der Waals surface area contributed by atoms with Crippen LogP contribution >= 0.6 is 0 Å². The number of rotatable bonds is 5. The summed E-state index contributed by atoms with van der Waals surface area (Å²) < 4.78 is 6.15. The summed E-state index contributed by atoms with van der Waals surface area (Å²) in [6, 6.07) is 0. The standard InChI is InChI=1S/C23H37NO2/c1-22-11-9-17(26-14-4-13-24-3)15-16(22)5-6-18-19-7-8-21(25)23(19,2)12-10-20(18)22/h15,17-20,24H,4-14H2,1-3H3/t17-,18?,19?,20?,22-,23-/m0/s1. The van der Waals surface area contributed by atoms with Crippen molar-refractivity contribution in [1.29, 1.82) is 0 Å². The molecule has 6 atom stereocenters. The Labute approximate surface area is 159 Å². The molecule has 0 amide bonds. The van der Waals surface area contributed by atoms with Crippen LogP contribution in [0.5, 0.6) is 0 Å². The summed E-state index contributed by atoms with van der Waals surface area (Å²) in [7, 11) is 2.00. The van der Waals surface area contributed by atoms with E-state index in [0.717, 1.165) is 50.7 Å². The minimum atomic E-state index is 0.00632. The number of carbonyl (C=O) groups is 1. The molecule has 146 valence electrons. The van der Waals surface area contributed by atoms with Gasteiger partial charge in [0.15, 0.2) is 0 Å². The third-order valence-electron chi connectivity index (χ3n) is 8.68. The summed E-state index contributed by atoms with van der Waals surface area (Å²) in [5.74, 6) is 2.78. The first kappa shape index (κ1) is 18.7. The van der Waals surface area contributed by atoms with Crippen molar-refractivity contribution in [2.75, 3.05) is 20.2 Å². The second-order valence-electron chi connectivity index (χ2n) is 9.85. The van der Waals surface area contributed by atoms with Gasteiger partial charge in [-0.1, -0.05) is 25.5 Å². The summed E-state index contributed by atoms with van der Waals surface area (Å²) >= 11 is 0. The van der Waals surface area contributed by atoms with Crippen molar-refractivity contribution in [3.63, 3.8) is 0 Å². The lowest BCUT2D eigenvalue weighted by atomic mass is 9.47. The normalized spacial score (nSPS) is 44.9. The van der Waals surface area contributed by atoms with E-state index in [4.69, 9.17) is 4.74 Å². The van der Waals surface area contributed by atoms with E-state index in [9.17, 15) is 4.79 Å². The fourth-order valence-electron chi connectivity index (χ4n) is 7.08. The van der Waals surface area contributed by atoms with E-state index in [1.54, 1.807) is 5.57 Å². The summed E-state index contributed by atoms with van der Waals surface area (Å²) in [4.78, 5) is 12.5. The fourth-order valence-corrected chi connectivity index (χ4v) is 7.08. The number of ketones is 1. The van der Waals surface area contributed by atoms with E-state index in [2.05, 4.69) is 25.2 Å². The molecule has 0 aromatic rings. The minimum absolute atomic E-state index is 0.00632. The van der Waals surface area contributed by atoms with Crippen LogP contribution in [-0.4, -0.2) is 32.1 Å². The quantitative estimate of drug-likeness (QED) is 0.580. The van der Waals surface area contributed by atoms with Crippen molar-refractivity contribution >= 4 is 5.78 Å². The van der Waals surface area contributed by atoms with Crippen LogP contribution in [0.2, 0.25) is 0 Å². The highest BCUT2D eigenvalue weighted by molar-refractivity contribution is 5.87. The lowest BCUT2D eigenvalue weighted by molar-refractivity contribution is -0.132. The molecular weight excluding hydrogens is 322 g/mol. The average molecular weight is 360 g/mol. The molecule has 0 saturated heterocycles. The van der Waals surface area contributed by atoms with Gasteiger partial charge in [0.05, 0.1) is 6.10 Å². The van der Waals surface area contributed by atoms with Gasteiger partial charge in [-0.2, -0.15) is 0 Å². The van der Waals surface area contributed by atoms with Crippen LogP contribution in [0.15, 0.2) is 11.6 Å². The van der Waals surface area contributed by atoms with Crippen LogP contribution in [0.25, 0.3) is 0 Å². The van der Waals surface area contributed by atoms with Gasteiger partial charge in [-0.05, 0) is 88.1 Å². The molecule has 3 heteroatoms. The molecule has 0 aromatic heterocycles. The number of allylic oxidation sites excluding steroid dienone is 1. The Balaban J connectivity index is 1.48. The van der Waals surface area contributed by atoms with Crippen LogP contribution in [0, 0.1) is 28.6 Å². The Bertz CT molecular complexity index is 585. The number of hydrogen-bond acceptors (Lipinski definition) is 3. The lowest BCUT2D eigenvalue weighted by Crippen LogP contribution is -2.50. The largest absolute Gasteiger partial charge is 0.374 e. The first-order valence-electron chi connectivity index (χ1n) is 11.0. The summed E-state index contributed by atoms with van der Waals surface area (Å²) in [5.41, 5.74) is 2.05. The molecule has 0 radical (unpaired) electrons. The van der Waals surface area contributed by atoms with Crippen LogP contribution in [0.4, 0.5) is 0 Å². The van der Waals surface area contributed by atoms with Crippen molar-refractivity contribution in [3.05, 3.63) is 11.6 Å². The van der Waals surface area contributed by atoms with Crippen molar-refractivity contribution in [1.82, 2.24) is 5.32 Å². The Morgan fingerprint density at radius 1 is 1.08 bits per heavy atom. The van der Waals surface area contributed by atoms with Gasteiger partial charge in [0.1, 0.15) is 5.78 Å². The van der Waals surface area contributed by atoms with Crippen LogP contribution < -0.4 is 5.32 Å². The molecule has 0 aliphatic heterocycles. The molecule has 26 heavy (non-hydrogen) atoms. The SMILES string of the molecule is CNCCCO[C@@H]1C=C2CCC3C(CC[C@]4(C)C(=O)CCC34)[C@@]2(C)CC1. The average Bonchev–Trinajstić information content (AvgIpc) is 2.94. The zero-order valence-corrected chi connectivity index (χ0v) is 17.0. The van der Waals surface area contributed by atoms with Crippen LogP contribution in [0.3, 0.4) is 0 Å². The Kier molecular flexibility index (Phi) is 5.07. The van der Waals surface area contributed by atoms with Gasteiger partial charge < -0.3 is 10.1 Å². The molecule has 0 aromatic carbocycles. The predicted molar refractivity (Wildman–Crippen MR) is 105 cm³/mol. The minimum Gasteiger partial charge on any atom is -0.374 e. The smallest absolute Gasteiger partial charge is 0.139 e. The Morgan fingerprint density at radius 3 is 2.65 bits per heavy atom. The number of nitrogens with one attached hydrogen (secondary N) is 1. The van der Waals surface area contributed by atoms with Gasteiger partial charge in [-0.3, -0.25) is 4.79 Å². The lowest BCUT2D eigenvalue weighted by Gasteiger charge is -2.57. The molecule has 0 heterocycles. The van der Waals surface area contributed by atoms with Crippen LogP contribution in [0.1, 0.15) is 71.6 Å². The highest BCUT2D eigenvalue weighted by Gasteiger charge is 2.58. The predicted octanol–water partition coefficient (Wildman–Crippen LogP) is 4.51. The third-order valence-corrected chi connectivity index (χ3v) is 8.68. The first-order chi connectivity index (χ1) is 12.5. The third kappa shape index (κ3) is 2.90. The van der Waals surface area contributed by atoms with Crippen molar-refractivity contribution in [3.8, 4) is 0 Å². The molecule has 3 unspecified atom stereocenters. The molecule has 0 spiro atoms. The number of ether oxygens (including phenoxy) is 1. The number of fused-ring (bicyclic) bond motifs is 5. The Hall–Kier alpha value is -0.670. The molecule has 4 aliphatic rings. The zero-order chi connectivity index (χ0) is 18.4. The van der Waals surface area contributed by atoms with Crippen molar-refractivity contribution < 1.29 is 9.53 Å². The molecule has 4 aliphatic carbocycles. The van der Waals surface area contributed by atoms with Gasteiger partial charge >= 0.3 is 0 Å². The fraction of sp³-hybridized carbons (Fsp3) is 0.870. The van der Waals surface area contributed by atoms with Gasteiger partial charge in [0.25, 0.3) is 0 Å². The highest BCUT2D eigenvalue weighted by atomic mass is 16.5. The summed E-state index contributed by atoms with van der Waals surface area (Å²) in [6.07, 6.45) is 13.3. The van der Waals surface area contributed by atoms with Gasteiger partial charge in [0.2, 0.25) is 0 Å². The van der Waals surface area contributed by atoms with Gasteiger partial charge in [0, 0.05) is 18.4 Å². The monoisotopic (exact) mass is 359 g/mol. The molecular formula is C23H37NO2. The second-order valence-corrected chi connectivity index (χ2v) is 9.85. The molecule has 3 fully saturated rings. The van der Waals surface area contributed by atoms with E-state index >= 15 is 0 Å². The van der Waals surface area contributed by atoms with E-state index in [1.807, 2.05) is 7.05 Å². The molecule has 3 nitrogen and oxygen atoms in total. The number of Topliss-reactive ketones (excluding diaryl/α,β-unsaturated/α-hetero) is 1. The summed E-state index contributed by atoms with van der Waals surface area (Å²) in [6.45, 7) is 6.71. The Morgan fingerprint density at radius 2 is 1.85 bits per heavy atom. The summed E-state index contributed by atoms with van der Waals surface area (Å²) in [5, 5.41) is 3.19. The van der Waals surface area contributed by atoms with Crippen molar-refractivity contribution in [2.45, 2.75) is 77.7 Å². The van der Waals surface area contributed by atoms with E-state index < -0.39 is 0 Å². The van der Waals surface area contributed by atoms with Crippen molar-refractivity contribution in [2.24, 2.45) is 28.6 Å². The maximum Gasteiger partial charge on any atom is 0.139 e. The first-order valence-corrected chi connectivity index (χ1v) is 11.0. The van der Waals surface area contributed by atoms with Gasteiger partial charge in [-0.15, -0.1) is 0 Å². The number of hydrogen-bond donors (Lipinski definition) is 1. The van der Waals surface area contributed by atoms with Crippen LogP contribution in [-0.2, 0) is 9.53 Å². The topological polar surface area (TPSA) is 38.3 Å². The number of carbonyl (C=O) groups excluding carboxylic acids is 1. The maximum absolute atomic E-state index is 12.5. The second kappa shape index (κ2) is 7.05. The van der Waals surface area contributed by atoms with E-state index in [-0.39, 0.29) is 5.41 Å². The highest BCUT2D eigenvalue weighted by Crippen LogP contribution is 2.64. The maximum atomic E-state index is 12.5. The zero-order valence-electron chi connectivity index (χ0n) is 17.0. The molecule has 4 rings (SSSR count). The van der Waals surface area contributed by atoms with E-state index in [1.165, 1.54) is 32.1 Å². The molecule has 0 bridgehead atoms. The molecule has 1 N–H and O–H groups in total. The van der Waals surface area contributed by atoms with Gasteiger partial charge in [-0.25, -0.2) is 0 Å². The molecule has 3 saturated carbocycles. The van der Waals surface area contributed by atoms with E-state index in [0.29, 0.717) is 23.2 Å².